The zero-order valence-corrected chi connectivity index (χ0v) is 11.3. The highest BCUT2D eigenvalue weighted by molar-refractivity contribution is 5.07. The van der Waals surface area contributed by atoms with Crippen molar-refractivity contribution < 1.29 is 9.84 Å². The first-order valence-corrected chi connectivity index (χ1v) is 6.18. The normalized spacial score (nSPS) is 15.4. The number of aliphatic hydroxyl groups is 1. The van der Waals surface area contributed by atoms with Crippen LogP contribution in [0.1, 0.15) is 32.3 Å². The van der Waals surface area contributed by atoms with Gasteiger partial charge in [0.15, 0.2) is 5.88 Å². The fourth-order valence-corrected chi connectivity index (χ4v) is 2.02. The number of rotatable bonds is 3. The molecule has 0 bridgehead atoms. The van der Waals surface area contributed by atoms with Crippen LogP contribution in [0.25, 0.3) is 0 Å². The summed E-state index contributed by atoms with van der Waals surface area (Å²) >= 11 is 0. The summed E-state index contributed by atoms with van der Waals surface area (Å²) in [5.74, 6) is 1.63. The molecule has 0 fully saturated rings. The van der Waals surface area contributed by atoms with Crippen LogP contribution in [0.5, 0.6) is 0 Å². The molecule has 0 amide bonds. The first kappa shape index (κ1) is 13.0. The van der Waals surface area contributed by atoms with E-state index in [1.807, 2.05) is 27.0 Å². The molecule has 100 valence electrons. The van der Waals surface area contributed by atoms with Crippen molar-refractivity contribution in [1.82, 2.24) is 14.5 Å². The Morgan fingerprint density at radius 3 is 2.83 bits per heavy atom. The molecule has 0 spiro atoms. The molecule has 5 nitrogen and oxygen atoms in total. The van der Waals surface area contributed by atoms with Gasteiger partial charge >= 0.3 is 0 Å². The van der Waals surface area contributed by atoms with Gasteiger partial charge in [-0.3, -0.25) is 0 Å². The Labute approximate surface area is 108 Å². The first-order chi connectivity index (χ1) is 8.39. The van der Waals surface area contributed by atoms with E-state index in [0.29, 0.717) is 18.1 Å². The molecule has 0 saturated carbocycles. The van der Waals surface area contributed by atoms with Crippen LogP contribution in [-0.2, 0) is 24.4 Å². The van der Waals surface area contributed by atoms with Gasteiger partial charge in [-0.1, -0.05) is 0 Å². The summed E-state index contributed by atoms with van der Waals surface area (Å²) in [6.45, 7) is 12.4. The minimum absolute atomic E-state index is 0.0144. The molecule has 0 aromatic carbocycles. The van der Waals surface area contributed by atoms with Gasteiger partial charge < -0.3 is 19.3 Å². The van der Waals surface area contributed by atoms with Crippen LogP contribution in [0, 0.1) is 0 Å². The SMILES string of the molecule is C=C(OC(C)(C)C)N1CCn2cc(CO)nc2C1. The number of ether oxygens (including phenoxy) is 1. The van der Waals surface area contributed by atoms with Gasteiger partial charge in [-0.25, -0.2) is 4.98 Å². The van der Waals surface area contributed by atoms with Gasteiger partial charge in [0.1, 0.15) is 11.4 Å². The fraction of sp³-hybridized carbons (Fsp3) is 0.615. The van der Waals surface area contributed by atoms with Gasteiger partial charge in [-0.15, -0.1) is 0 Å². The minimum atomic E-state index is -0.236. The molecular formula is C13H21N3O2. The average Bonchev–Trinajstić information content (AvgIpc) is 2.68. The smallest absolute Gasteiger partial charge is 0.182 e. The Balaban J connectivity index is 2.05. The van der Waals surface area contributed by atoms with Crippen molar-refractivity contribution in [2.75, 3.05) is 6.54 Å². The minimum Gasteiger partial charge on any atom is -0.474 e. The third-order valence-electron chi connectivity index (χ3n) is 2.79. The standard InChI is InChI=1S/C13H21N3O2/c1-10(18-13(2,3)4)15-5-6-16-7-11(9-17)14-12(16)8-15/h7,17H,1,5-6,8-9H2,2-4H3. The largest absolute Gasteiger partial charge is 0.474 e. The summed E-state index contributed by atoms with van der Waals surface area (Å²) in [4.78, 5) is 6.45. The quantitative estimate of drug-likeness (QED) is 0.827. The Morgan fingerprint density at radius 2 is 2.22 bits per heavy atom. The molecule has 0 saturated heterocycles. The lowest BCUT2D eigenvalue weighted by molar-refractivity contribution is -0.00432. The number of nitrogens with zero attached hydrogens (tertiary/aromatic N) is 3. The lowest BCUT2D eigenvalue weighted by Crippen LogP contribution is -2.36. The van der Waals surface area contributed by atoms with Gasteiger partial charge in [-0.05, 0) is 27.4 Å². The predicted octanol–water partition coefficient (Wildman–Crippen LogP) is 1.48. The summed E-state index contributed by atoms with van der Waals surface area (Å²) in [6, 6.07) is 0. The Hall–Kier alpha value is -1.49. The third kappa shape index (κ3) is 2.85. The van der Waals surface area contributed by atoms with E-state index in [1.54, 1.807) is 0 Å². The molecule has 0 aliphatic carbocycles. The summed E-state index contributed by atoms with van der Waals surface area (Å²) < 4.78 is 7.85. The summed E-state index contributed by atoms with van der Waals surface area (Å²) in [7, 11) is 0. The van der Waals surface area contributed by atoms with E-state index in [-0.39, 0.29) is 12.2 Å². The average molecular weight is 251 g/mol. The number of hydrogen-bond donors (Lipinski definition) is 1. The van der Waals surface area contributed by atoms with Crippen LogP contribution in [0.2, 0.25) is 0 Å². The first-order valence-electron chi connectivity index (χ1n) is 6.18. The monoisotopic (exact) mass is 251 g/mol. The lowest BCUT2D eigenvalue weighted by Gasteiger charge is -2.34. The van der Waals surface area contributed by atoms with Crippen LogP contribution in [-0.4, -0.2) is 31.7 Å². The maximum atomic E-state index is 9.08. The van der Waals surface area contributed by atoms with Crippen LogP contribution < -0.4 is 0 Å². The molecule has 18 heavy (non-hydrogen) atoms. The van der Waals surface area contributed by atoms with E-state index in [9.17, 15) is 0 Å². The molecule has 5 heteroatoms. The third-order valence-corrected chi connectivity index (χ3v) is 2.79. The highest BCUT2D eigenvalue weighted by atomic mass is 16.5. The molecule has 1 aliphatic heterocycles. The summed E-state index contributed by atoms with van der Waals surface area (Å²) in [5.41, 5.74) is 0.481. The summed E-state index contributed by atoms with van der Waals surface area (Å²) in [6.07, 6.45) is 1.90. The fourth-order valence-electron chi connectivity index (χ4n) is 2.02. The molecule has 2 heterocycles. The van der Waals surface area contributed by atoms with Crippen molar-refractivity contribution in [2.45, 2.75) is 46.1 Å². The van der Waals surface area contributed by atoms with Crippen LogP contribution >= 0.6 is 0 Å². The molecule has 0 atom stereocenters. The topological polar surface area (TPSA) is 50.5 Å². The lowest BCUT2D eigenvalue weighted by atomic mass is 10.2. The van der Waals surface area contributed by atoms with Crippen molar-refractivity contribution in [2.24, 2.45) is 0 Å². The molecule has 0 unspecified atom stereocenters. The second-order valence-electron chi connectivity index (χ2n) is 5.53. The zero-order chi connectivity index (χ0) is 13.3. The van der Waals surface area contributed by atoms with Gasteiger partial charge in [-0.2, -0.15) is 0 Å². The van der Waals surface area contributed by atoms with Crippen molar-refractivity contribution in [1.29, 1.82) is 0 Å². The highest BCUT2D eigenvalue weighted by Gasteiger charge is 2.22. The second-order valence-corrected chi connectivity index (χ2v) is 5.53. The van der Waals surface area contributed by atoms with E-state index < -0.39 is 0 Å². The molecular weight excluding hydrogens is 230 g/mol. The van der Waals surface area contributed by atoms with E-state index in [4.69, 9.17) is 9.84 Å². The molecule has 1 aromatic heterocycles. The number of imidazole rings is 1. The van der Waals surface area contributed by atoms with Crippen molar-refractivity contribution >= 4 is 0 Å². The molecule has 1 N–H and O–H groups in total. The number of fused-ring (bicyclic) bond motifs is 1. The van der Waals surface area contributed by atoms with Gasteiger partial charge in [0.05, 0.1) is 18.8 Å². The van der Waals surface area contributed by atoms with Crippen LogP contribution in [0.3, 0.4) is 0 Å². The summed E-state index contributed by atoms with van der Waals surface area (Å²) in [5, 5.41) is 9.08. The molecule has 1 aliphatic rings. The van der Waals surface area contributed by atoms with Crippen molar-refractivity contribution in [3.8, 4) is 0 Å². The van der Waals surface area contributed by atoms with Gasteiger partial charge in [0.25, 0.3) is 0 Å². The van der Waals surface area contributed by atoms with Crippen molar-refractivity contribution in [3.63, 3.8) is 0 Å². The highest BCUT2D eigenvalue weighted by Crippen LogP contribution is 2.20. The number of aromatic nitrogens is 2. The van der Waals surface area contributed by atoms with E-state index in [1.165, 1.54) is 0 Å². The molecule has 0 radical (unpaired) electrons. The second kappa shape index (κ2) is 4.65. The maximum absolute atomic E-state index is 9.08. The predicted molar refractivity (Wildman–Crippen MR) is 68.5 cm³/mol. The van der Waals surface area contributed by atoms with Gasteiger partial charge in [0, 0.05) is 19.3 Å². The van der Waals surface area contributed by atoms with E-state index in [2.05, 4.69) is 21.0 Å². The van der Waals surface area contributed by atoms with Crippen LogP contribution in [0.15, 0.2) is 18.7 Å². The number of hydrogen-bond acceptors (Lipinski definition) is 4. The van der Waals surface area contributed by atoms with Crippen LogP contribution in [0.4, 0.5) is 0 Å². The zero-order valence-electron chi connectivity index (χ0n) is 11.3. The molecule has 1 aromatic rings. The van der Waals surface area contributed by atoms with Crippen molar-refractivity contribution in [3.05, 3.63) is 30.2 Å². The Bertz CT molecular complexity index is 446. The molecule has 2 rings (SSSR count). The van der Waals surface area contributed by atoms with E-state index in [0.717, 1.165) is 18.9 Å². The van der Waals surface area contributed by atoms with E-state index >= 15 is 0 Å². The number of aliphatic hydroxyl groups excluding tert-OH is 1. The van der Waals surface area contributed by atoms with Gasteiger partial charge in [0.2, 0.25) is 0 Å². The Kier molecular flexibility index (Phi) is 3.34. The Morgan fingerprint density at radius 1 is 1.50 bits per heavy atom. The maximum Gasteiger partial charge on any atom is 0.182 e.